The lowest BCUT2D eigenvalue weighted by atomic mass is 10.2. The van der Waals surface area contributed by atoms with Gasteiger partial charge in [-0.15, -0.1) is 0 Å². The summed E-state index contributed by atoms with van der Waals surface area (Å²) in [4.78, 5) is 4.28. The monoisotopic (exact) mass is 278 g/mol. The summed E-state index contributed by atoms with van der Waals surface area (Å²) >= 11 is 6.11. The number of hydrogen-bond acceptors (Lipinski definition) is 3. The predicted molar refractivity (Wildman–Crippen MR) is 76.9 cm³/mol. The first-order valence-corrected chi connectivity index (χ1v) is 6.85. The van der Waals surface area contributed by atoms with Crippen molar-refractivity contribution < 1.29 is 0 Å². The number of benzene rings is 1. The molecule has 0 unspecified atom stereocenters. The molecule has 2 rings (SSSR count). The van der Waals surface area contributed by atoms with Crippen LogP contribution in [0.3, 0.4) is 0 Å². The summed E-state index contributed by atoms with van der Waals surface area (Å²) in [5.41, 5.74) is 1.10. The summed E-state index contributed by atoms with van der Waals surface area (Å²) in [6.45, 7) is 6.65. The summed E-state index contributed by atoms with van der Waals surface area (Å²) in [7, 11) is 0. The minimum Gasteiger partial charge on any atom is -0.306 e. The zero-order chi connectivity index (χ0) is 13.7. The molecule has 1 N–H and O–H groups in total. The van der Waals surface area contributed by atoms with Crippen molar-refractivity contribution in [1.29, 1.82) is 0 Å². The Balaban J connectivity index is 1.89. The van der Waals surface area contributed by atoms with Gasteiger partial charge in [0.05, 0.1) is 6.54 Å². The second-order valence-corrected chi connectivity index (χ2v) is 5.35. The van der Waals surface area contributed by atoms with E-state index in [0.29, 0.717) is 12.5 Å². The molecule has 0 aliphatic rings. The molecule has 1 heterocycles. The van der Waals surface area contributed by atoms with Gasteiger partial charge < -0.3 is 5.32 Å². The largest absolute Gasteiger partial charge is 0.306 e. The molecule has 0 aliphatic heterocycles. The van der Waals surface area contributed by atoms with Crippen LogP contribution in [0.2, 0.25) is 5.02 Å². The third-order valence-corrected chi connectivity index (χ3v) is 3.16. The Bertz CT molecular complexity index is 522. The van der Waals surface area contributed by atoms with Crippen molar-refractivity contribution in [1.82, 2.24) is 20.1 Å². The van der Waals surface area contributed by atoms with Gasteiger partial charge in [-0.25, -0.2) is 9.67 Å². The molecule has 0 radical (unpaired) electrons. The average Bonchev–Trinajstić information content (AvgIpc) is 2.78. The second-order valence-electron chi connectivity index (χ2n) is 4.95. The first kappa shape index (κ1) is 14.0. The van der Waals surface area contributed by atoms with Crippen LogP contribution in [-0.4, -0.2) is 14.8 Å². The van der Waals surface area contributed by atoms with Gasteiger partial charge >= 0.3 is 0 Å². The molecule has 2 aromatic rings. The normalized spacial score (nSPS) is 11.2. The highest BCUT2D eigenvalue weighted by atomic mass is 35.5. The molecule has 0 amide bonds. The quantitative estimate of drug-likeness (QED) is 0.883. The van der Waals surface area contributed by atoms with Crippen LogP contribution in [0, 0.1) is 5.92 Å². The molecule has 102 valence electrons. The summed E-state index contributed by atoms with van der Waals surface area (Å²) in [5.74, 6) is 1.52. The summed E-state index contributed by atoms with van der Waals surface area (Å²) < 4.78 is 1.95. The molecule has 19 heavy (non-hydrogen) atoms. The lowest BCUT2D eigenvalue weighted by Crippen LogP contribution is -2.18. The van der Waals surface area contributed by atoms with E-state index in [1.54, 1.807) is 6.33 Å². The average molecular weight is 279 g/mol. The SMILES string of the molecule is CC(C)Cn1ncnc1CNCc1ccccc1Cl. The molecule has 1 aromatic heterocycles. The van der Waals surface area contributed by atoms with Gasteiger partial charge in [0.15, 0.2) is 0 Å². The van der Waals surface area contributed by atoms with E-state index in [4.69, 9.17) is 11.6 Å². The van der Waals surface area contributed by atoms with Crippen LogP contribution >= 0.6 is 11.6 Å². The third-order valence-electron chi connectivity index (χ3n) is 2.79. The number of nitrogens with zero attached hydrogens (tertiary/aromatic N) is 3. The number of rotatable bonds is 6. The zero-order valence-electron chi connectivity index (χ0n) is 11.3. The highest BCUT2D eigenvalue weighted by molar-refractivity contribution is 6.31. The molecule has 1 aromatic carbocycles. The number of nitrogens with one attached hydrogen (secondary N) is 1. The Kier molecular flexibility index (Phi) is 4.93. The fourth-order valence-electron chi connectivity index (χ4n) is 1.87. The maximum atomic E-state index is 6.11. The van der Waals surface area contributed by atoms with Gasteiger partial charge in [-0.1, -0.05) is 43.6 Å². The Hall–Kier alpha value is -1.39. The van der Waals surface area contributed by atoms with Crippen molar-refractivity contribution in [3.8, 4) is 0 Å². The summed E-state index contributed by atoms with van der Waals surface area (Å²) in [6, 6.07) is 7.85. The van der Waals surface area contributed by atoms with Gasteiger partial charge in [-0.3, -0.25) is 0 Å². The van der Waals surface area contributed by atoms with Crippen molar-refractivity contribution in [3.05, 3.63) is 47.0 Å². The van der Waals surface area contributed by atoms with Crippen LogP contribution in [0.25, 0.3) is 0 Å². The van der Waals surface area contributed by atoms with E-state index in [2.05, 4.69) is 29.2 Å². The summed E-state index contributed by atoms with van der Waals surface area (Å²) in [5, 5.41) is 8.38. The lowest BCUT2D eigenvalue weighted by Gasteiger charge is -2.10. The van der Waals surface area contributed by atoms with E-state index in [9.17, 15) is 0 Å². The fourth-order valence-corrected chi connectivity index (χ4v) is 2.08. The Labute approximate surface area is 118 Å². The highest BCUT2D eigenvalue weighted by Crippen LogP contribution is 2.14. The van der Waals surface area contributed by atoms with Crippen molar-refractivity contribution in [2.45, 2.75) is 33.5 Å². The highest BCUT2D eigenvalue weighted by Gasteiger charge is 2.06. The molecular formula is C14H19ClN4. The van der Waals surface area contributed by atoms with Crippen LogP contribution in [0.5, 0.6) is 0 Å². The van der Waals surface area contributed by atoms with Crippen molar-refractivity contribution >= 4 is 11.6 Å². The van der Waals surface area contributed by atoms with Gasteiger partial charge in [0.1, 0.15) is 12.2 Å². The first-order valence-electron chi connectivity index (χ1n) is 6.47. The molecule has 5 heteroatoms. The van der Waals surface area contributed by atoms with Crippen LogP contribution < -0.4 is 5.32 Å². The third kappa shape index (κ3) is 4.04. The first-order chi connectivity index (χ1) is 9.16. The Morgan fingerprint density at radius 1 is 1.26 bits per heavy atom. The lowest BCUT2D eigenvalue weighted by molar-refractivity contribution is 0.457. The standard InChI is InChI=1S/C14H19ClN4/c1-11(2)9-19-14(17-10-18-19)8-16-7-12-5-3-4-6-13(12)15/h3-6,10-11,16H,7-9H2,1-2H3. The topological polar surface area (TPSA) is 42.7 Å². The maximum Gasteiger partial charge on any atom is 0.140 e. The number of hydrogen-bond donors (Lipinski definition) is 1. The van der Waals surface area contributed by atoms with Crippen molar-refractivity contribution in [2.24, 2.45) is 5.92 Å². The van der Waals surface area contributed by atoms with Crippen molar-refractivity contribution in [2.75, 3.05) is 0 Å². The molecule has 0 aliphatic carbocycles. The van der Waals surface area contributed by atoms with Gasteiger partial charge in [0.25, 0.3) is 0 Å². The molecule has 0 bridgehead atoms. The molecule has 0 saturated heterocycles. The van der Waals surface area contributed by atoms with E-state index in [1.165, 1.54) is 0 Å². The minimum absolute atomic E-state index is 0.559. The molecule has 4 nitrogen and oxygen atoms in total. The van der Waals surface area contributed by atoms with E-state index in [1.807, 2.05) is 28.9 Å². The van der Waals surface area contributed by atoms with Gasteiger partial charge in [-0.05, 0) is 17.5 Å². The molecule has 0 atom stereocenters. The predicted octanol–water partition coefficient (Wildman–Crippen LogP) is 2.88. The Morgan fingerprint density at radius 2 is 2.05 bits per heavy atom. The molecular weight excluding hydrogens is 260 g/mol. The van der Waals surface area contributed by atoms with Gasteiger partial charge in [0.2, 0.25) is 0 Å². The van der Waals surface area contributed by atoms with Crippen molar-refractivity contribution in [3.63, 3.8) is 0 Å². The van der Waals surface area contributed by atoms with Gasteiger partial charge in [0, 0.05) is 18.1 Å². The molecule has 0 saturated carbocycles. The van der Waals surface area contributed by atoms with E-state index in [-0.39, 0.29) is 0 Å². The van der Waals surface area contributed by atoms with Crippen LogP contribution in [0.4, 0.5) is 0 Å². The van der Waals surface area contributed by atoms with Gasteiger partial charge in [-0.2, -0.15) is 5.10 Å². The summed E-state index contributed by atoms with van der Waals surface area (Å²) in [6.07, 6.45) is 1.61. The number of halogens is 1. The smallest absolute Gasteiger partial charge is 0.140 e. The molecule has 0 spiro atoms. The zero-order valence-corrected chi connectivity index (χ0v) is 12.1. The van der Waals surface area contributed by atoms with E-state index < -0.39 is 0 Å². The Morgan fingerprint density at radius 3 is 2.79 bits per heavy atom. The van der Waals surface area contributed by atoms with E-state index >= 15 is 0 Å². The van der Waals surface area contributed by atoms with Crippen LogP contribution in [-0.2, 0) is 19.6 Å². The maximum absolute atomic E-state index is 6.11. The fraction of sp³-hybridized carbons (Fsp3) is 0.429. The minimum atomic E-state index is 0.559. The van der Waals surface area contributed by atoms with E-state index in [0.717, 1.165) is 29.5 Å². The van der Waals surface area contributed by atoms with Crippen LogP contribution in [0.1, 0.15) is 25.2 Å². The number of aromatic nitrogens is 3. The molecule has 0 fully saturated rings. The second kappa shape index (κ2) is 6.68. The van der Waals surface area contributed by atoms with Crippen LogP contribution in [0.15, 0.2) is 30.6 Å².